The van der Waals surface area contributed by atoms with Crippen LogP contribution in [0.2, 0.25) is 0 Å². The van der Waals surface area contributed by atoms with Crippen molar-refractivity contribution in [3.63, 3.8) is 0 Å². The number of carboxylic acid groups (broad SMARTS) is 1. The number of aryl methyl sites for hydroxylation is 1. The highest BCUT2D eigenvalue weighted by atomic mass is 79.9. The van der Waals surface area contributed by atoms with Crippen molar-refractivity contribution < 1.29 is 9.90 Å². The van der Waals surface area contributed by atoms with Gasteiger partial charge in [0.1, 0.15) is 0 Å². The molecule has 0 amide bonds. The third-order valence-corrected chi connectivity index (χ3v) is 2.68. The van der Waals surface area contributed by atoms with E-state index in [0.717, 1.165) is 9.99 Å². The lowest BCUT2D eigenvalue weighted by Gasteiger charge is -1.98. The molecule has 0 aliphatic heterocycles. The minimum Gasteiger partial charge on any atom is -0.475 e. The normalized spacial score (nSPS) is 10.7. The third-order valence-electron chi connectivity index (χ3n) is 2.04. The first kappa shape index (κ1) is 9.21. The number of carbonyl (C=O) groups is 1. The van der Waals surface area contributed by atoms with Gasteiger partial charge in [-0.05, 0) is 28.1 Å². The molecule has 1 N–H and O–H groups in total. The minimum atomic E-state index is -1.02. The summed E-state index contributed by atoms with van der Waals surface area (Å²) in [6.07, 6.45) is 0. The summed E-state index contributed by atoms with van der Waals surface area (Å²) < 4.78 is 2.40. The zero-order valence-corrected chi connectivity index (χ0v) is 8.95. The lowest BCUT2D eigenvalue weighted by Crippen LogP contribution is -2.05. The maximum atomic E-state index is 10.8. The van der Waals surface area contributed by atoms with Crippen LogP contribution in [0.4, 0.5) is 0 Å². The Labute approximate surface area is 88.3 Å². The third kappa shape index (κ3) is 1.21. The molecule has 0 bridgehead atoms. The number of para-hydroxylation sites is 1. The molecule has 0 saturated heterocycles. The SMILES string of the molecule is Cn1c(C(=O)O)nc2cccc(Br)c21. The molecule has 14 heavy (non-hydrogen) atoms. The number of aromatic carboxylic acids is 1. The lowest BCUT2D eigenvalue weighted by molar-refractivity contribution is 0.0680. The first-order valence-electron chi connectivity index (χ1n) is 3.95. The highest BCUT2D eigenvalue weighted by Gasteiger charge is 2.14. The summed E-state index contributed by atoms with van der Waals surface area (Å²) in [4.78, 5) is 14.8. The summed E-state index contributed by atoms with van der Waals surface area (Å²) in [6.45, 7) is 0. The fourth-order valence-corrected chi connectivity index (χ4v) is 2.03. The average molecular weight is 255 g/mol. The number of aromatic nitrogens is 2. The molecule has 5 heteroatoms. The Morgan fingerprint density at radius 3 is 2.86 bits per heavy atom. The summed E-state index contributed by atoms with van der Waals surface area (Å²) in [6, 6.07) is 5.47. The molecule has 0 atom stereocenters. The van der Waals surface area contributed by atoms with Crippen molar-refractivity contribution in [3.05, 3.63) is 28.5 Å². The molecular weight excluding hydrogens is 248 g/mol. The van der Waals surface area contributed by atoms with Gasteiger partial charge in [-0.25, -0.2) is 9.78 Å². The summed E-state index contributed by atoms with van der Waals surface area (Å²) >= 11 is 3.36. The van der Waals surface area contributed by atoms with E-state index < -0.39 is 5.97 Å². The Balaban J connectivity index is 2.87. The topological polar surface area (TPSA) is 55.1 Å². The van der Waals surface area contributed by atoms with Crippen LogP contribution in [-0.2, 0) is 7.05 Å². The predicted molar refractivity (Wildman–Crippen MR) is 55.4 cm³/mol. The number of rotatable bonds is 1. The molecule has 72 valence electrons. The molecule has 0 saturated carbocycles. The number of nitrogens with zero attached hydrogens (tertiary/aromatic N) is 2. The number of hydrogen-bond acceptors (Lipinski definition) is 2. The van der Waals surface area contributed by atoms with Crippen molar-refractivity contribution in [2.24, 2.45) is 7.05 Å². The van der Waals surface area contributed by atoms with E-state index in [0.29, 0.717) is 5.52 Å². The van der Waals surface area contributed by atoms with E-state index in [1.807, 2.05) is 12.1 Å². The van der Waals surface area contributed by atoms with Crippen molar-refractivity contribution in [3.8, 4) is 0 Å². The molecule has 0 aliphatic carbocycles. The first-order valence-corrected chi connectivity index (χ1v) is 4.75. The maximum Gasteiger partial charge on any atom is 0.372 e. The fourth-order valence-electron chi connectivity index (χ4n) is 1.41. The second-order valence-electron chi connectivity index (χ2n) is 2.91. The van der Waals surface area contributed by atoms with Crippen LogP contribution in [0, 0.1) is 0 Å². The van der Waals surface area contributed by atoms with E-state index in [1.165, 1.54) is 0 Å². The smallest absolute Gasteiger partial charge is 0.372 e. The van der Waals surface area contributed by atoms with Gasteiger partial charge in [0.25, 0.3) is 0 Å². The second-order valence-corrected chi connectivity index (χ2v) is 3.76. The Kier molecular flexibility index (Phi) is 2.03. The lowest BCUT2D eigenvalue weighted by atomic mass is 10.3. The van der Waals surface area contributed by atoms with E-state index in [1.54, 1.807) is 17.7 Å². The number of imidazole rings is 1. The standard InChI is InChI=1S/C9H7BrN2O2/c1-12-7-5(10)3-2-4-6(7)11-8(12)9(13)14/h2-4H,1H3,(H,13,14). The molecule has 0 aliphatic rings. The van der Waals surface area contributed by atoms with Crippen molar-refractivity contribution in [1.82, 2.24) is 9.55 Å². The van der Waals surface area contributed by atoms with Crippen LogP contribution in [0.3, 0.4) is 0 Å². The Bertz CT molecular complexity index is 519. The minimum absolute atomic E-state index is 0.0481. The van der Waals surface area contributed by atoms with E-state index >= 15 is 0 Å². The molecule has 0 fully saturated rings. The molecule has 0 unspecified atom stereocenters. The zero-order valence-electron chi connectivity index (χ0n) is 7.36. The average Bonchev–Trinajstić information content (AvgIpc) is 2.45. The fraction of sp³-hybridized carbons (Fsp3) is 0.111. The summed E-state index contributed by atoms with van der Waals surface area (Å²) in [5.41, 5.74) is 1.48. The second kappa shape index (κ2) is 3.09. The van der Waals surface area contributed by atoms with Crippen LogP contribution in [0.1, 0.15) is 10.6 Å². The van der Waals surface area contributed by atoms with E-state index in [9.17, 15) is 4.79 Å². The number of hydrogen-bond donors (Lipinski definition) is 1. The molecule has 2 rings (SSSR count). The number of halogens is 1. The van der Waals surface area contributed by atoms with Gasteiger partial charge in [0, 0.05) is 11.5 Å². The summed E-state index contributed by atoms with van der Waals surface area (Å²) in [5.74, 6) is -0.970. The van der Waals surface area contributed by atoms with Gasteiger partial charge in [0.05, 0.1) is 11.0 Å². The molecule has 1 heterocycles. The predicted octanol–water partition coefficient (Wildman–Crippen LogP) is 2.03. The number of carboxylic acids is 1. The molecule has 1 aromatic carbocycles. The van der Waals surface area contributed by atoms with Crippen molar-refractivity contribution in [2.45, 2.75) is 0 Å². The van der Waals surface area contributed by atoms with Gasteiger partial charge in [-0.1, -0.05) is 6.07 Å². The van der Waals surface area contributed by atoms with Gasteiger partial charge in [0.15, 0.2) is 0 Å². The Morgan fingerprint density at radius 2 is 2.29 bits per heavy atom. The van der Waals surface area contributed by atoms with Gasteiger partial charge in [-0.2, -0.15) is 0 Å². The van der Waals surface area contributed by atoms with Crippen LogP contribution in [-0.4, -0.2) is 20.6 Å². The van der Waals surface area contributed by atoms with E-state index in [4.69, 9.17) is 5.11 Å². The van der Waals surface area contributed by atoms with Crippen molar-refractivity contribution in [2.75, 3.05) is 0 Å². The number of benzene rings is 1. The molecule has 0 radical (unpaired) electrons. The van der Waals surface area contributed by atoms with Crippen LogP contribution in [0.15, 0.2) is 22.7 Å². The van der Waals surface area contributed by atoms with Gasteiger partial charge in [0.2, 0.25) is 5.82 Å². The highest BCUT2D eigenvalue weighted by Crippen LogP contribution is 2.23. The van der Waals surface area contributed by atoms with E-state index in [2.05, 4.69) is 20.9 Å². The largest absolute Gasteiger partial charge is 0.475 e. The molecule has 4 nitrogen and oxygen atoms in total. The van der Waals surface area contributed by atoms with Crippen molar-refractivity contribution >= 4 is 32.9 Å². The van der Waals surface area contributed by atoms with Gasteiger partial charge in [-0.3, -0.25) is 0 Å². The van der Waals surface area contributed by atoms with Gasteiger partial charge < -0.3 is 9.67 Å². The van der Waals surface area contributed by atoms with Crippen molar-refractivity contribution in [1.29, 1.82) is 0 Å². The van der Waals surface area contributed by atoms with E-state index in [-0.39, 0.29) is 5.82 Å². The first-order chi connectivity index (χ1) is 6.61. The monoisotopic (exact) mass is 254 g/mol. The van der Waals surface area contributed by atoms with Gasteiger partial charge >= 0.3 is 5.97 Å². The molecule has 2 aromatic rings. The zero-order chi connectivity index (χ0) is 10.3. The Morgan fingerprint density at radius 1 is 1.57 bits per heavy atom. The maximum absolute atomic E-state index is 10.8. The van der Waals surface area contributed by atoms with Crippen LogP contribution in [0.25, 0.3) is 11.0 Å². The molecule has 0 spiro atoms. The highest BCUT2D eigenvalue weighted by molar-refractivity contribution is 9.10. The van der Waals surface area contributed by atoms with Crippen LogP contribution in [0.5, 0.6) is 0 Å². The number of fused-ring (bicyclic) bond motifs is 1. The van der Waals surface area contributed by atoms with Gasteiger partial charge in [-0.15, -0.1) is 0 Å². The quantitative estimate of drug-likeness (QED) is 0.848. The van der Waals surface area contributed by atoms with Crippen LogP contribution >= 0.6 is 15.9 Å². The summed E-state index contributed by atoms with van der Waals surface area (Å²) in [5, 5.41) is 8.86. The molecular formula is C9H7BrN2O2. The summed E-state index contributed by atoms with van der Waals surface area (Å²) in [7, 11) is 1.68. The van der Waals surface area contributed by atoms with Crippen LogP contribution < -0.4 is 0 Å². The molecule has 1 aromatic heterocycles. The Hall–Kier alpha value is -1.36.